The van der Waals surface area contributed by atoms with E-state index in [9.17, 15) is 18.8 Å². The Hall–Kier alpha value is -4.21. The first-order chi connectivity index (χ1) is 21.6. The van der Waals surface area contributed by atoms with Crippen LogP contribution in [0.4, 0.5) is 13.2 Å². The van der Waals surface area contributed by atoms with Gasteiger partial charge in [-0.05, 0) is 18.5 Å². The number of rotatable bonds is 5. The molecule has 13 heteroatoms. The second-order valence-corrected chi connectivity index (χ2v) is 12.5. The van der Waals surface area contributed by atoms with Gasteiger partial charge in [-0.1, -0.05) is 42.4 Å². The minimum Gasteiger partial charge on any atom is -0.463 e. The normalized spacial score (nSPS) is 27.7. The van der Waals surface area contributed by atoms with Gasteiger partial charge >= 0.3 is 6.02 Å². The number of piperazine rings is 1. The van der Waals surface area contributed by atoms with E-state index in [1.54, 1.807) is 30.5 Å². The summed E-state index contributed by atoms with van der Waals surface area (Å²) < 4.78 is 51.4. The summed E-state index contributed by atoms with van der Waals surface area (Å²) in [5.41, 5.74) is -1.03. The van der Waals surface area contributed by atoms with E-state index in [0.717, 1.165) is 13.1 Å². The van der Waals surface area contributed by atoms with Crippen LogP contribution in [0.5, 0.6) is 0 Å². The summed E-state index contributed by atoms with van der Waals surface area (Å²) in [6.07, 6.45) is 1.62. The average molecular weight is 636 g/mol. The quantitative estimate of drug-likeness (QED) is 0.448. The summed E-state index contributed by atoms with van der Waals surface area (Å²) in [7, 11) is 2.01. The maximum Gasteiger partial charge on any atom is 0.314 e. The zero-order chi connectivity index (χ0) is 31.6. The molecule has 4 heterocycles. The number of amides is 1. The Labute approximate surface area is 262 Å². The van der Waals surface area contributed by atoms with E-state index in [-0.39, 0.29) is 48.7 Å². The van der Waals surface area contributed by atoms with E-state index >= 15 is 4.39 Å². The van der Waals surface area contributed by atoms with Crippen LogP contribution in [0.3, 0.4) is 0 Å². The van der Waals surface area contributed by atoms with Crippen molar-refractivity contribution < 1.29 is 22.7 Å². The van der Waals surface area contributed by atoms with Gasteiger partial charge in [0.15, 0.2) is 11.7 Å². The van der Waals surface area contributed by atoms with Gasteiger partial charge in [0.1, 0.15) is 22.9 Å². The number of aliphatic imine (C=N–C) groups is 3. The van der Waals surface area contributed by atoms with Crippen molar-refractivity contribution in [1.82, 2.24) is 14.7 Å². The van der Waals surface area contributed by atoms with Crippen molar-refractivity contribution in [2.45, 2.75) is 18.0 Å². The van der Waals surface area contributed by atoms with Crippen molar-refractivity contribution in [3.63, 3.8) is 0 Å². The Bertz CT molecular complexity index is 1800. The first kappa shape index (κ1) is 29.5. The second kappa shape index (κ2) is 11.0. The molecule has 9 nitrogen and oxygen atoms in total. The maximum absolute atomic E-state index is 17.0. The predicted octanol–water partition coefficient (Wildman–Crippen LogP) is 4.60. The molecule has 0 radical (unpaired) electrons. The Morgan fingerprint density at radius 1 is 1.22 bits per heavy atom. The Kier molecular flexibility index (Phi) is 7.21. The predicted molar refractivity (Wildman–Crippen MR) is 165 cm³/mol. The molecule has 1 aliphatic carbocycles. The number of hydrogen-bond donors (Lipinski definition) is 0. The second-order valence-electron chi connectivity index (χ2n) is 12.2. The zero-order valence-corrected chi connectivity index (χ0v) is 25.1. The van der Waals surface area contributed by atoms with E-state index in [1.165, 1.54) is 11.0 Å². The van der Waals surface area contributed by atoms with Crippen molar-refractivity contribution in [1.29, 1.82) is 5.26 Å². The molecule has 1 spiro atoms. The van der Waals surface area contributed by atoms with Gasteiger partial charge in [0.2, 0.25) is 0 Å². The number of carbonyl (C=O) groups is 1. The van der Waals surface area contributed by atoms with Crippen LogP contribution in [0.15, 0.2) is 63.5 Å². The van der Waals surface area contributed by atoms with Crippen LogP contribution in [0.1, 0.15) is 12.0 Å². The molecular weight excluding hydrogens is 607 g/mol. The lowest BCUT2D eigenvalue weighted by Crippen LogP contribution is -2.57. The number of likely N-dealkylation sites (tertiary alicyclic amines) is 1. The van der Waals surface area contributed by atoms with Crippen LogP contribution in [0, 0.1) is 34.9 Å². The van der Waals surface area contributed by atoms with Crippen molar-refractivity contribution in [3.05, 3.63) is 65.0 Å². The summed E-state index contributed by atoms with van der Waals surface area (Å²) in [5, 5.41) is 10.3. The lowest BCUT2D eigenvalue weighted by atomic mass is 9.97. The molecule has 2 aromatic carbocycles. The zero-order valence-electron chi connectivity index (χ0n) is 24.4. The molecular formula is C32H29ClF3N7O2. The number of nitriles is 1. The molecule has 4 atom stereocenters. The summed E-state index contributed by atoms with van der Waals surface area (Å²) >= 11 is 6.39. The van der Waals surface area contributed by atoms with Crippen molar-refractivity contribution in [2.24, 2.45) is 32.7 Å². The molecule has 45 heavy (non-hydrogen) atoms. The van der Waals surface area contributed by atoms with Crippen LogP contribution >= 0.6 is 11.6 Å². The van der Waals surface area contributed by atoms with Gasteiger partial charge < -0.3 is 19.4 Å². The highest BCUT2D eigenvalue weighted by Crippen LogP contribution is 2.63. The van der Waals surface area contributed by atoms with Gasteiger partial charge in [0.25, 0.3) is 5.91 Å². The summed E-state index contributed by atoms with van der Waals surface area (Å²) in [5.74, 6) is -3.40. The monoisotopic (exact) mass is 635 g/mol. The van der Waals surface area contributed by atoms with Gasteiger partial charge in [0, 0.05) is 61.7 Å². The molecule has 0 N–H and O–H groups in total. The van der Waals surface area contributed by atoms with Gasteiger partial charge in [-0.25, -0.2) is 18.2 Å². The number of nitrogens with zero attached hydrogens (tertiary/aromatic N) is 7. The van der Waals surface area contributed by atoms with Crippen LogP contribution in [0.2, 0.25) is 5.02 Å². The molecule has 2 saturated heterocycles. The molecule has 5 aliphatic rings. The third-order valence-corrected chi connectivity index (χ3v) is 9.70. The highest BCUT2D eigenvalue weighted by atomic mass is 35.5. The summed E-state index contributed by atoms with van der Waals surface area (Å²) in [6.45, 7) is 5.77. The SMILES string of the molecule is C=C(F)C(=O)N1CCN(C2=NC(OCC3CN(C)C3)=NC34C(F)=C(c5cccc6ccc(F)c(Cl)c56)N=CC3[C@@H]24)C[C@@H]1CC#N. The fourth-order valence-corrected chi connectivity index (χ4v) is 7.38. The number of halogens is 4. The number of ether oxygens (including phenoxy) is 1. The van der Waals surface area contributed by atoms with Gasteiger partial charge in [-0.2, -0.15) is 10.3 Å². The third kappa shape index (κ3) is 4.71. The fourth-order valence-electron chi connectivity index (χ4n) is 7.11. The number of benzene rings is 2. The summed E-state index contributed by atoms with van der Waals surface area (Å²) in [4.78, 5) is 31.9. The van der Waals surface area contributed by atoms with Crippen molar-refractivity contribution in [3.8, 4) is 6.07 Å². The largest absolute Gasteiger partial charge is 0.463 e. The van der Waals surface area contributed by atoms with E-state index in [1.807, 2.05) is 11.9 Å². The van der Waals surface area contributed by atoms with E-state index in [0.29, 0.717) is 28.8 Å². The molecule has 2 aromatic rings. The van der Waals surface area contributed by atoms with Crippen LogP contribution in [0.25, 0.3) is 16.5 Å². The van der Waals surface area contributed by atoms with E-state index in [2.05, 4.69) is 22.5 Å². The van der Waals surface area contributed by atoms with Gasteiger partial charge in [-0.15, -0.1) is 0 Å². The molecule has 232 valence electrons. The number of hydrogen-bond acceptors (Lipinski definition) is 8. The highest BCUT2D eigenvalue weighted by molar-refractivity contribution is 6.36. The Balaban J connectivity index is 1.27. The molecule has 2 unspecified atom stereocenters. The smallest absolute Gasteiger partial charge is 0.314 e. The van der Waals surface area contributed by atoms with Crippen molar-refractivity contribution >= 4 is 52.0 Å². The first-order valence-electron chi connectivity index (χ1n) is 14.7. The Morgan fingerprint density at radius 2 is 2.02 bits per heavy atom. The average Bonchev–Trinajstić information content (AvgIpc) is 3.70. The van der Waals surface area contributed by atoms with Crippen LogP contribution in [-0.4, -0.2) is 96.6 Å². The topological polar surface area (TPSA) is 96.9 Å². The fraction of sp³-hybridized carbons (Fsp3) is 0.406. The lowest BCUT2D eigenvalue weighted by Gasteiger charge is -2.42. The molecule has 3 fully saturated rings. The standard InChI is InChI=1S/C32H29ClF3N7O2/c1-17(34)30(44)43-11-10-42(15-20(43)8-9-37)29-25-22-12-38-27(21-5-3-4-19-6-7-23(35)26(33)24(19)21)28(36)32(22,25)40-31(39-29)45-16-18-13-41(2)14-18/h3-7,12,18,20,22,25H,1,8,10-11,13-16H2,2H3/t20-,22?,25-,32?/m0/s1. The first-order valence-corrected chi connectivity index (χ1v) is 15.1. The van der Waals surface area contributed by atoms with E-state index in [4.69, 9.17) is 26.3 Å². The molecule has 4 aliphatic heterocycles. The van der Waals surface area contributed by atoms with Gasteiger partial charge in [-0.3, -0.25) is 9.79 Å². The number of carbonyl (C=O) groups excluding carboxylic acids is 1. The van der Waals surface area contributed by atoms with Crippen LogP contribution in [-0.2, 0) is 9.53 Å². The Morgan fingerprint density at radius 3 is 2.76 bits per heavy atom. The maximum atomic E-state index is 17.0. The highest BCUT2D eigenvalue weighted by Gasteiger charge is 2.74. The number of fused-ring (bicyclic) bond motifs is 2. The van der Waals surface area contributed by atoms with Crippen molar-refractivity contribution in [2.75, 3.05) is 46.4 Å². The summed E-state index contributed by atoms with van der Waals surface area (Å²) in [6, 6.07) is 9.49. The third-order valence-electron chi connectivity index (χ3n) is 9.33. The number of amidine groups is 2. The minimum atomic E-state index is -1.38. The van der Waals surface area contributed by atoms with Gasteiger partial charge in [0.05, 0.1) is 36.1 Å². The molecule has 0 aromatic heterocycles. The lowest BCUT2D eigenvalue weighted by molar-refractivity contribution is -0.132. The van der Waals surface area contributed by atoms with E-state index < -0.39 is 46.8 Å². The van der Waals surface area contributed by atoms with Crippen LogP contribution < -0.4 is 0 Å². The minimum absolute atomic E-state index is 0.0102. The molecule has 1 saturated carbocycles. The molecule has 0 bridgehead atoms. The molecule has 7 rings (SSSR count). The molecule has 1 amide bonds.